The molecule has 1 rings (SSSR count). The molecule has 0 aliphatic heterocycles. The van der Waals surface area contributed by atoms with E-state index in [1.165, 1.54) is 12.1 Å². The third-order valence-electron chi connectivity index (χ3n) is 2.81. The highest BCUT2D eigenvalue weighted by molar-refractivity contribution is 9.10. The maximum absolute atomic E-state index is 13.9. The average Bonchev–Trinajstić information content (AvgIpc) is 2.33. The highest BCUT2D eigenvalue weighted by Crippen LogP contribution is 2.23. The molecule has 0 bridgehead atoms. The van der Waals surface area contributed by atoms with Crippen molar-refractivity contribution in [3.05, 3.63) is 33.8 Å². The van der Waals surface area contributed by atoms with E-state index in [2.05, 4.69) is 36.8 Å². The Morgan fingerprint density at radius 1 is 1.28 bits per heavy atom. The molecule has 0 unspecified atom stereocenters. The van der Waals surface area contributed by atoms with Gasteiger partial charge in [-0.1, -0.05) is 15.9 Å². The summed E-state index contributed by atoms with van der Waals surface area (Å²) in [5, 5.41) is 0.889. The molecular weight excluding hydrogens is 368 g/mol. The van der Waals surface area contributed by atoms with Crippen molar-refractivity contribution >= 4 is 31.9 Å². The number of halogens is 4. The maximum Gasteiger partial charge on any atom is 0.144 e. The molecule has 0 N–H and O–H groups in total. The lowest BCUT2D eigenvalue weighted by Gasteiger charge is -2.26. The van der Waals surface area contributed by atoms with Crippen LogP contribution in [-0.4, -0.2) is 22.8 Å². The highest BCUT2D eigenvalue weighted by Gasteiger charge is 2.17. The Hall–Kier alpha value is -0.0000000000000000555. The van der Waals surface area contributed by atoms with Crippen LogP contribution >= 0.6 is 31.9 Å². The Morgan fingerprint density at radius 3 is 2.50 bits per heavy atom. The summed E-state index contributed by atoms with van der Waals surface area (Å²) in [5.41, 5.74) is 0.132. The zero-order valence-corrected chi connectivity index (χ0v) is 13.7. The van der Waals surface area contributed by atoms with Crippen LogP contribution in [0.15, 0.2) is 16.6 Å². The third kappa shape index (κ3) is 4.28. The molecular formula is C13H17Br2F2N. The summed E-state index contributed by atoms with van der Waals surface area (Å²) in [7, 11) is 0. The van der Waals surface area contributed by atoms with Gasteiger partial charge in [-0.25, -0.2) is 8.78 Å². The van der Waals surface area contributed by atoms with Gasteiger partial charge in [0.1, 0.15) is 11.6 Å². The minimum Gasteiger partial charge on any atom is -0.296 e. The second-order valence-corrected chi connectivity index (χ2v) is 6.08. The third-order valence-corrected chi connectivity index (χ3v) is 3.98. The SMILES string of the molecule is CC(C)N(CCCBr)Cc1c(F)ccc(Br)c1F. The summed E-state index contributed by atoms with van der Waals surface area (Å²) in [5.74, 6) is -0.986. The van der Waals surface area contributed by atoms with Gasteiger partial charge in [0.15, 0.2) is 0 Å². The quantitative estimate of drug-likeness (QED) is 0.506. The van der Waals surface area contributed by atoms with E-state index in [9.17, 15) is 8.78 Å². The first-order valence-electron chi connectivity index (χ1n) is 5.89. The summed E-state index contributed by atoms with van der Waals surface area (Å²) >= 11 is 6.46. The molecule has 1 nitrogen and oxygen atoms in total. The largest absolute Gasteiger partial charge is 0.296 e. The Bertz CT molecular complexity index is 397. The van der Waals surface area contributed by atoms with E-state index < -0.39 is 11.6 Å². The van der Waals surface area contributed by atoms with E-state index in [1.807, 2.05) is 13.8 Å². The maximum atomic E-state index is 13.9. The summed E-state index contributed by atoms with van der Waals surface area (Å²) in [6.45, 7) is 5.17. The average molecular weight is 385 g/mol. The van der Waals surface area contributed by atoms with Crippen molar-refractivity contribution in [1.29, 1.82) is 0 Å². The lowest BCUT2D eigenvalue weighted by atomic mass is 10.1. The molecule has 0 aliphatic carbocycles. The number of hydrogen-bond donors (Lipinski definition) is 0. The Balaban J connectivity index is 2.89. The molecule has 0 saturated heterocycles. The van der Waals surface area contributed by atoms with Crippen LogP contribution in [0.2, 0.25) is 0 Å². The van der Waals surface area contributed by atoms with E-state index in [0.717, 1.165) is 18.3 Å². The van der Waals surface area contributed by atoms with Crippen LogP contribution in [0.1, 0.15) is 25.8 Å². The summed E-state index contributed by atoms with van der Waals surface area (Å²) < 4.78 is 27.9. The van der Waals surface area contributed by atoms with Gasteiger partial charge in [0.05, 0.1) is 4.47 Å². The van der Waals surface area contributed by atoms with Gasteiger partial charge in [0, 0.05) is 23.5 Å². The van der Waals surface area contributed by atoms with Crippen LogP contribution in [0.3, 0.4) is 0 Å². The molecule has 0 atom stereocenters. The molecule has 0 fully saturated rings. The topological polar surface area (TPSA) is 3.24 Å². The minimum absolute atomic E-state index is 0.132. The second kappa shape index (κ2) is 7.56. The van der Waals surface area contributed by atoms with Crippen LogP contribution in [0.25, 0.3) is 0 Å². The van der Waals surface area contributed by atoms with Gasteiger partial charge in [-0.05, 0) is 54.9 Å². The van der Waals surface area contributed by atoms with E-state index in [-0.39, 0.29) is 11.6 Å². The molecule has 18 heavy (non-hydrogen) atoms. The lowest BCUT2D eigenvalue weighted by Crippen LogP contribution is -2.32. The summed E-state index contributed by atoms with van der Waals surface area (Å²) in [6, 6.07) is 2.94. The fourth-order valence-corrected chi connectivity index (χ4v) is 2.32. The van der Waals surface area contributed by atoms with Gasteiger partial charge in [-0.3, -0.25) is 4.90 Å². The van der Waals surface area contributed by atoms with E-state index in [0.29, 0.717) is 11.0 Å². The highest BCUT2D eigenvalue weighted by atomic mass is 79.9. The van der Waals surface area contributed by atoms with Crippen molar-refractivity contribution in [2.45, 2.75) is 32.9 Å². The number of hydrogen-bond acceptors (Lipinski definition) is 1. The molecule has 1 aromatic rings. The van der Waals surface area contributed by atoms with Crippen molar-refractivity contribution in [1.82, 2.24) is 4.90 Å². The number of nitrogens with zero attached hydrogens (tertiary/aromatic N) is 1. The van der Waals surface area contributed by atoms with Crippen molar-refractivity contribution in [2.75, 3.05) is 11.9 Å². The number of benzene rings is 1. The molecule has 0 spiro atoms. The first-order chi connectivity index (χ1) is 8.47. The zero-order valence-electron chi connectivity index (χ0n) is 10.5. The fourth-order valence-electron chi connectivity index (χ4n) is 1.70. The van der Waals surface area contributed by atoms with Crippen molar-refractivity contribution < 1.29 is 8.78 Å². The molecule has 0 radical (unpaired) electrons. The van der Waals surface area contributed by atoms with E-state index >= 15 is 0 Å². The fraction of sp³-hybridized carbons (Fsp3) is 0.538. The predicted molar refractivity (Wildman–Crippen MR) is 78.0 cm³/mol. The van der Waals surface area contributed by atoms with Gasteiger partial charge in [0.25, 0.3) is 0 Å². The Morgan fingerprint density at radius 2 is 1.94 bits per heavy atom. The number of rotatable bonds is 6. The molecule has 1 aromatic carbocycles. The van der Waals surface area contributed by atoms with E-state index in [4.69, 9.17) is 0 Å². The molecule has 0 amide bonds. The molecule has 5 heteroatoms. The standard InChI is InChI=1S/C13H17Br2F2N/c1-9(2)18(7-3-6-14)8-10-12(16)5-4-11(15)13(10)17/h4-5,9H,3,6-8H2,1-2H3. The van der Waals surface area contributed by atoms with Gasteiger partial charge >= 0.3 is 0 Å². The zero-order chi connectivity index (χ0) is 13.7. The molecule has 0 aliphatic rings. The van der Waals surface area contributed by atoms with Crippen LogP contribution in [-0.2, 0) is 6.54 Å². The van der Waals surface area contributed by atoms with E-state index in [1.54, 1.807) is 0 Å². The van der Waals surface area contributed by atoms with Gasteiger partial charge < -0.3 is 0 Å². The molecule has 0 heterocycles. The van der Waals surface area contributed by atoms with Crippen LogP contribution in [0, 0.1) is 11.6 Å². The van der Waals surface area contributed by atoms with Gasteiger partial charge in [0.2, 0.25) is 0 Å². The van der Waals surface area contributed by atoms with Crippen LogP contribution in [0.4, 0.5) is 8.78 Å². The van der Waals surface area contributed by atoms with Crippen molar-refractivity contribution in [2.24, 2.45) is 0 Å². The lowest BCUT2D eigenvalue weighted by molar-refractivity contribution is 0.208. The molecule has 0 aromatic heterocycles. The first-order valence-corrected chi connectivity index (χ1v) is 7.81. The monoisotopic (exact) mass is 383 g/mol. The van der Waals surface area contributed by atoms with Crippen LogP contribution in [0.5, 0.6) is 0 Å². The van der Waals surface area contributed by atoms with Gasteiger partial charge in [-0.15, -0.1) is 0 Å². The molecule has 0 saturated carbocycles. The summed E-state index contributed by atoms with van der Waals surface area (Å²) in [6.07, 6.45) is 0.954. The minimum atomic E-state index is -0.500. The van der Waals surface area contributed by atoms with Crippen LogP contribution < -0.4 is 0 Å². The Kier molecular flexibility index (Phi) is 6.74. The van der Waals surface area contributed by atoms with Crippen molar-refractivity contribution in [3.63, 3.8) is 0 Å². The van der Waals surface area contributed by atoms with Gasteiger partial charge in [-0.2, -0.15) is 0 Å². The predicted octanol–water partition coefficient (Wildman–Crippen LogP) is 4.72. The smallest absolute Gasteiger partial charge is 0.144 e. The first kappa shape index (κ1) is 16.1. The summed E-state index contributed by atoms with van der Waals surface area (Å²) in [4.78, 5) is 2.06. The normalized spacial score (nSPS) is 11.6. The Labute approximate surface area is 124 Å². The number of alkyl halides is 1. The second-order valence-electron chi connectivity index (χ2n) is 4.43. The molecule has 102 valence electrons. The van der Waals surface area contributed by atoms with Crippen molar-refractivity contribution in [3.8, 4) is 0 Å².